The second-order valence-electron chi connectivity index (χ2n) is 7.85. The zero-order valence-electron chi connectivity index (χ0n) is 19.5. The standard InChI is InChI=1S/C28H22ClNO6/c1-3-35-26(32)28(30-25(31)19-11-15-21(34-2)16-12-19)23(17-10-18-8-13-20(29)14-9-18)22-6-4-5-7-24(22)36-27(28)33/h4-9,11-16,23H,3H2,1-2H3,(H,30,31)/t23-,28-/m0/s1. The van der Waals surface area contributed by atoms with E-state index < -0.39 is 29.3 Å². The van der Waals surface area contributed by atoms with Gasteiger partial charge in [0.05, 0.1) is 19.6 Å². The topological polar surface area (TPSA) is 90.9 Å². The van der Waals surface area contributed by atoms with Crippen LogP contribution in [-0.2, 0) is 14.3 Å². The van der Waals surface area contributed by atoms with Crippen molar-refractivity contribution in [3.05, 3.63) is 94.5 Å². The van der Waals surface area contributed by atoms with Crippen molar-refractivity contribution in [3.63, 3.8) is 0 Å². The summed E-state index contributed by atoms with van der Waals surface area (Å²) in [7, 11) is 1.50. The van der Waals surface area contributed by atoms with Crippen molar-refractivity contribution in [3.8, 4) is 23.3 Å². The Morgan fingerprint density at radius 3 is 2.42 bits per heavy atom. The normalized spacial score (nSPS) is 18.1. The molecule has 0 aromatic heterocycles. The number of carbonyl (C=O) groups is 3. The lowest BCUT2D eigenvalue weighted by molar-refractivity contribution is -0.162. The van der Waals surface area contributed by atoms with Crippen molar-refractivity contribution < 1.29 is 28.6 Å². The molecule has 1 amide bonds. The van der Waals surface area contributed by atoms with E-state index in [1.54, 1.807) is 67.6 Å². The fraction of sp³-hybridized carbons (Fsp3) is 0.179. The molecule has 4 rings (SSSR count). The summed E-state index contributed by atoms with van der Waals surface area (Å²) in [5, 5.41) is 3.15. The molecule has 1 aliphatic heterocycles. The van der Waals surface area contributed by atoms with Gasteiger partial charge in [-0.2, -0.15) is 0 Å². The molecule has 0 radical (unpaired) electrons. The maximum atomic E-state index is 13.5. The summed E-state index contributed by atoms with van der Waals surface area (Å²) in [6.45, 7) is 1.58. The summed E-state index contributed by atoms with van der Waals surface area (Å²) in [6.07, 6.45) is 0. The van der Waals surface area contributed by atoms with E-state index in [2.05, 4.69) is 17.2 Å². The molecular weight excluding hydrogens is 482 g/mol. The van der Waals surface area contributed by atoms with Crippen LogP contribution in [0.3, 0.4) is 0 Å². The van der Waals surface area contributed by atoms with Crippen LogP contribution in [0.25, 0.3) is 0 Å². The molecule has 36 heavy (non-hydrogen) atoms. The zero-order valence-corrected chi connectivity index (χ0v) is 20.3. The van der Waals surface area contributed by atoms with Gasteiger partial charge < -0.3 is 19.5 Å². The number of esters is 2. The fourth-order valence-corrected chi connectivity index (χ4v) is 3.96. The van der Waals surface area contributed by atoms with Crippen molar-refractivity contribution in [1.82, 2.24) is 5.32 Å². The minimum atomic E-state index is -2.25. The molecule has 3 aromatic rings. The lowest BCUT2D eigenvalue weighted by Gasteiger charge is -2.38. The highest BCUT2D eigenvalue weighted by Gasteiger charge is 2.60. The molecule has 8 heteroatoms. The molecule has 182 valence electrons. The average Bonchev–Trinajstić information content (AvgIpc) is 2.89. The van der Waals surface area contributed by atoms with Crippen LogP contribution in [-0.4, -0.2) is 37.1 Å². The third kappa shape index (κ3) is 4.77. The molecule has 0 bridgehead atoms. The molecule has 0 aliphatic carbocycles. The van der Waals surface area contributed by atoms with Crippen LogP contribution >= 0.6 is 11.6 Å². The number of carbonyl (C=O) groups excluding carboxylic acids is 3. The fourth-order valence-electron chi connectivity index (χ4n) is 3.83. The lowest BCUT2D eigenvalue weighted by Crippen LogP contribution is -2.66. The molecule has 3 aromatic carbocycles. The molecule has 0 unspecified atom stereocenters. The van der Waals surface area contributed by atoms with Crippen LogP contribution in [0.2, 0.25) is 5.02 Å². The van der Waals surface area contributed by atoms with Crippen molar-refractivity contribution in [2.24, 2.45) is 0 Å². The summed E-state index contributed by atoms with van der Waals surface area (Å²) in [4.78, 5) is 40.2. The summed E-state index contributed by atoms with van der Waals surface area (Å²) in [5.41, 5.74) is -0.979. The number of para-hydroxylation sites is 1. The second kappa shape index (κ2) is 10.5. The monoisotopic (exact) mass is 503 g/mol. The molecule has 0 spiro atoms. The minimum absolute atomic E-state index is 0.0226. The zero-order chi connectivity index (χ0) is 25.7. The lowest BCUT2D eigenvalue weighted by atomic mass is 9.76. The van der Waals surface area contributed by atoms with E-state index >= 15 is 0 Å². The molecule has 1 N–H and O–H groups in total. The van der Waals surface area contributed by atoms with Gasteiger partial charge in [-0.3, -0.25) is 4.79 Å². The smallest absolute Gasteiger partial charge is 0.350 e. The molecule has 0 fully saturated rings. The number of nitrogens with one attached hydrogen (secondary N) is 1. The first kappa shape index (κ1) is 24.8. The highest BCUT2D eigenvalue weighted by Crippen LogP contribution is 2.41. The molecule has 0 saturated heterocycles. The largest absolute Gasteiger partial charge is 0.497 e. The summed E-state index contributed by atoms with van der Waals surface area (Å²) >= 11 is 5.98. The maximum Gasteiger partial charge on any atom is 0.350 e. The van der Waals surface area contributed by atoms with Crippen molar-refractivity contribution in [2.75, 3.05) is 13.7 Å². The number of ether oxygens (including phenoxy) is 3. The Kier molecular flexibility index (Phi) is 7.28. The third-order valence-corrected chi connectivity index (χ3v) is 5.91. The van der Waals surface area contributed by atoms with Crippen LogP contribution in [0, 0.1) is 11.8 Å². The Balaban J connectivity index is 1.85. The number of amides is 1. The van der Waals surface area contributed by atoms with Crippen LogP contribution in [0.15, 0.2) is 72.8 Å². The van der Waals surface area contributed by atoms with Gasteiger partial charge in [-0.25, -0.2) is 9.59 Å². The van der Waals surface area contributed by atoms with E-state index in [1.807, 2.05) is 0 Å². The van der Waals surface area contributed by atoms with E-state index in [0.717, 1.165) is 0 Å². The van der Waals surface area contributed by atoms with Gasteiger partial charge in [0.15, 0.2) is 0 Å². The predicted octanol–water partition coefficient (Wildman–Crippen LogP) is 4.13. The first-order chi connectivity index (χ1) is 17.4. The highest BCUT2D eigenvalue weighted by atomic mass is 35.5. The molecule has 0 saturated carbocycles. The SMILES string of the molecule is CCOC(=O)[C@]1(NC(=O)c2ccc(OC)cc2)C(=O)Oc2ccccc2[C@@H]1C#Cc1ccc(Cl)cc1. The molecular formula is C28H22ClNO6. The molecule has 1 aliphatic rings. The van der Waals surface area contributed by atoms with Crippen LogP contribution in [0.1, 0.15) is 34.3 Å². The first-order valence-electron chi connectivity index (χ1n) is 11.1. The number of benzene rings is 3. The number of rotatable bonds is 5. The van der Waals surface area contributed by atoms with Gasteiger partial charge in [-0.05, 0) is 61.5 Å². The Morgan fingerprint density at radius 1 is 1.06 bits per heavy atom. The summed E-state index contributed by atoms with van der Waals surface area (Å²) in [6, 6.07) is 19.7. The molecule has 1 heterocycles. The van der Waals surface area contributed by atoms with Gasteiger partial charge in [-0.1, -0.05) is 41.6 Å². The third-order valence-electron chi connectivity index (χ3n) is 5.65. The highest BCUT2D eigenvalue weighted by molar-refractivity contribution is 6.30. The van der Waals surface area contributed by atoms with Crippen molar-refractivity contribution in [1.29, 1.82) is 0 Å². The van der Waals surface area contributed by atoms with Crippen molar-refractivity contribution in [2.45, 2.75) is 18.4 Å². The van der Waals surface area contributed by atoms with Crippen LogP contribution < -0.4 is 14.8 Å². The number of hydrogen-bond donors (Lipinski definition) is 1. The maximum absolute atomic E-state index is 13.5. The summed E-state index contributed by atoms with van der Waals surface area (Å²) < 4.78 is 15.9. The van der Waals surface area contributed by atoms with Gasteiger partial charge in [0.2, 0.25) is 0 Å². The molecule has 2 atom stereocenters. The number of halogens is 1. The Bertz CT molecular complexity index is 1360. The van der Waals surface area contributed by atoms with Gasteiger partial charge in [-0.15, -0.1) is 0 Å². The van der Waals surface area contributed by atoms with E-state index in [1.165, 1.54) is 19.2 Å². The number of hydrogen-bond acceptors (Lipinski definition) is 6. The van der Waals surface area contributed by atoms with Gasteiger partial charge >= 0.3 is 11.9 Å². The van der Waals surface area contributed by atoms with E-state index in [4.69, 9.17) is 25.8 Å². The van der Waals surface area contributed by atoms with Gasteiger partial charge in [0, 0.05) is 21.7 Å². The van der Waals surface area contributed by atoms with E-state index in [0.29, 0.717) is 21.9 Å². The second-order valence-corrected chi connectivity index (χ2v) is 8.28. The first-order valence-corrected chi connectivity index (χ1v) is 11.5. The van der Waals surface area contributed by atoms with E-state index in [9.17, 15) is 14.4 Å². The Hall–Kier alpha value is -4.28. The minimum Gasteiger partial charge on any atom is -0.497 e. The van der Waals surface area contributed by atoms with Crippen LogP contribution in [0.5, 0.6) is 11.5 Å². The number of fused-ring (bicyclic) bond motifs is 1. The Morgan fingerprint density at radius 2 is 1.75 bits per heavy atom. The van der Waals surface area contributed by atoms with Crippen LogP contribution in [0.4, 0.5) is 0 Å². The predicted molar refractivity (Wildman–Crippen MR) is 133 cm³/mol. The van der Waals surface area contributed by atoms with Gasteiger partial charge in [0.1, 0.15) is 11.5 Å². The van der Waals surface area contributed by atoms with Gasteiger partial charge in [0.25, 0.3) is 11.4 Å². The van der Waals surface area contributed by atoms with E-state index in [-0.39, 0.29) is 17.9 Å². The van der Waals surface area contributed by atoms with Crippen molar-refractivity contribution >= 4 is 29.4 Å². The summed E-state index contributed by atoms with van der Waals surface area (Å²) in [5.74, 6) is 3.06. The quantitative estimate of drug-likeness (QED) is 0.243. The number of methoxy groups -OCH3 is 1. The average molecular weight is 504 g/mol. The Labute approximate surface area is 213 Å². The molecule has 7 nitrogen and oxygen atoms in total.